The summed E-state index contributed by atoms with van der Waals surface area (Å²) in [7, 11) is 0. The van der Waals surface area contributed by atoms with E-state index in [4.69, 9.17) is 11.6 Å². The van der Waals surface area contributed by atoms with Gasteiger partial charge in [0.1, 0.15) is 0 Å². The molecule has 0 saturated carbocycles. The quantitative estimate of drug-likeness (QED) is 0.620. The number of hydrogen-bond acceptors (Lipinski definition) is 0. The van der Waals surface area contributed by atoms with Crippen molar-refractivity contribution in [2.24, 2.45) is 0 Å². The van der Waals surface area contributed by atoms with Crippen molar-refractivity contribution in [2.45, 2.75) is 19.2 Å². The fourth-order valence-corrected chi connectivity index (χ4v) is 1.15. The fourth-order valence-electron chi connectivity index (χ4n) is 0.972. The van der Waals surface area contributed by atoms with Gasteiger partial charge in [-0.3, -0.25) is 0 Å². The number of allylic oxidation sites excluding steroid dienone is 1. The zero-order valence-corrected chi connectivity index (χ0v) is 8.01. The highest BCUT2D eigenvalue weighted by Crippen LogP contribution is 2.08. The van der Waals surface area contributed by atoms with Crippen LogP contribution in [-0.4, -0.2) is 0 Å². The Kier molecular flexibility index (Phi) is 3.89. The smallest absolute Gasteiger partial charge is 0.0474 e. The Bertz CT molecular complexity index is 246. The van der Waals surface area contributed by atoms with Crippen molar-refractivity contribution in [1.82, 2.24) is 0 Å². The number of alkyl halides is 1. The minimum atomic E-state index is 0.595. The summed E-state index contributed by atoms with van der Waals surface area (Å²) < 4.78 is 0. The predicted octanol–water partition coefficient (Wildman–Crippen LogP) is 3.85. The highest BCUT2D eigenvalue weighted by molar-refractivity contribution is 6.17. The van der Waals surface area contributed by atoms with Gasteiger partial charge in [0, 0.05) is 5.88 Å². The van der Waals surface area contributed by atoms with Crippen LogP contribution in [0.15, 0.2) is 30.3 Å². The summed E-state index contributed by atoms with van der Waals surface area (Å²) in [5, 5.41) is 0. The molecule has 0 unspecified atom stereocenters. The Hall–Kier alpha value is -0.750. The van der Waals surface area contributed by atoms with E-state index < -0.39 is 0 Å². The monoisotopic (exact) mass is 180 g/mol. The first-order valence-corrected chi connectivity index (χ1v) is 4.71. The van der Waals surface area contributed by atoms with Crippen molar-refractivity contribution in [2.75, 3.05) is 0 Å². The van der Waals surface area contributed by atoms with Crippen LogP contribution in [0, 0.1) is 0 Å². The number of hydrogen-bond donors (Lipinski definition) is 0. The molecule has 64 valence electrons. The van der Waals surface area contributed by atoms with Crippen molar-refractivity contribution in [3.63, 3.8) is 0 Å². The highest BCUT2D eigenvalue weighted by atomic mass is 35.5. The van der Waals surface area contributed by atoms with Crippen molar-refractivity contribution in [3.8, 4) is 0 Å². The summed E-state index contributed by atoms with van der Waals surface area (Å²) in [5.74, 6) is 0.595. The SMILES string of the molecule is CC/C=C/c1ccc(CCl)cc1. The largest absolute Gasteiger partial charge is 0.122 e. The minimum Gasteiger partial charge on any atom is -0.122 e. The van der Waals surface area contributed by atoms with Crippen molar-refractivity contribution >= 4 is 17.7 Å². The lowest BCUT2D eigenvalue weighted by Crippen LogP contribution is -1.77. The highest BCUT2D eigenvalue weighted by Gasteiger charge is 1.88. The molecule has 0 radical (unpaired) electrons. The van der Waals surface area contributed by atoms with Gasteiger partial charge >= 0.3 is 0 Å². The van der Waals surface area contributed by atoms with Crippen LogP contribution in [0.25, 0.3) is 6.08 Å². The van der Waals surface area contributed by atoms with Crippen LogP contribution in [-0.2, 0) is 5.88 Å². The molecule has 0 saturated heterocycles. The minimum absolute atomic E-state index is 0.595. The zero-order valence-electron chi connectivity index (χ0n) is 7.26. The van der Waals surface area contributed by atoms with Crippen LogP contribution in [0.3, 0.4) is 0 Å². The van der Waals surface area contributed by atoms with E-state index in [0.29, 0.717) is 5.88 Å². The van der Waals surface area contributed by atoms with Crippen LogP contribution in [0.2, 0.25) is 0 Å². The van der Waals surface area contributed by atoms with Crippen LogP contribution in [0.4, 0.5) is 0 Å². The van der Waals surface area contributed by atoms with E-state index in [2.05, 4.69) is 43.3 Å². The fraction of sp³-hybridized carbons (Fsp3) is 0.273. The molecule has 0 fully saturated rings. The average molecular weight is 181 g/mol. The molecule has 0 aliphatic carbocycles. The van der Waals surface area contributed by atoms with Gasteiger partial charge in [0.15, 0.2) is 0 Å². The zero-order chi connectivity index (χ0) is 8.81. The number of rotatable bonds is 3. The second-order valence-corrected chi connectivity index (χ2v) is 2.95. The van der Waals surface area contributed by atoms with Crippen molar-refractivity contribution in [3.05, 3.63) is 41.5 Å². The Labute approximate surface area is 78.9 Å². The Balaban J connectivity index is 2.71. The van der Waals surface area contributed by atoms with Gasteiger partial charge in [-0.25, -0.2) is 0 Å². The lowest BCUT2D eigenvalue weighted by molar-refractivity contribution is 1.23. The first-order chi connectivity index (χ1) is 5.86. The van der Waals surface area contributed by atoms with Gasteiger partial charge in [0.25, 0.3) is 0 Å². The van der Waals surface area contributed by atoms with Gasteiger partial charge in [-0.1, -0.05) is 43.3 Å². The molecular weight excluding hydrogens is 168 g/mol. The summed E-state index contributed by atoms with van der Waals surface area (Å²) in [6.45, 7) is 2.13. The first-order valence-electron chi connectivity index (χ1n) is 4.18. The van der Waals surface area contributed by atoms with Crippen LogP contribution in [0.1, 0.15) is 24.5 Å². The van der Waals surface area contributed by atoms with Gasteiger partial charge in [0.2, 0.25) is 0 Å². The maximum atomic E-state index is 5.67. The summed E-state index contributed by atoms with van der Waals surface area (Å²) in [4.78, 5) is 0. The third kappa shape index (κ3) is 2.71. The number of halogens is 1. The molecule has 0 aliphatic heterocycles. The number of benzene rings is 1. The molecule has 0 N–H and O–H groups in total. The molecular formula is C11H13Cl. The lowest BCUT2D eigenvalue weighted by Gasteiger charge is -1.95. The molecule has 0 aliphatic rings. The maximum absolute atomic E-state index is 5.67. The van der Waals surface area contributed by atoms with Crippen LogP contribution in [0.5, 0.6) is 0 Å². The maximum Gasteiger partial charge on any atom is 0.0474 e. The van der Waals surface area contributed by atoms with Gasteiger partial charge < -0.3 is 0 Å². The molecule has 1 aromatic rings. The predicted molar refractivity (Wildman–Crippen MR) is 55.3 cm³/mol. The molecule has 1 aromatic carbocycles. The van der Waals surface area contributed by atoms with E-state index in [9.17, 15) is 0 Å². The van der Waals surface area contributed by atoms with Crippen LogP contribution < -0.4 is 0 Å². The molecule has 1 rings (SSSR count). The normalized spacial score (nSPS) is 10.8. The first kappa shape index (κ1) is 9.34. The molecule has 0 heterocycles. The third-order valence-electron chi connectivity index (χ3n) is 1.68. The van der Waals surface area contributed by atoms with Crippen molar-refractivity contribution < 1.29 is 0 Å². The second kappa shape index (κ2) is 5.00. The topological polar surface area (TPSA) is 0 Å². The molecule has 12 heavy (non-hydrogen) atoms. The molecule has 0 bridgehead atoms. The molecule has 0 atom stereocenters. The van der Waals surface area contributed by atoms with Crippen LogP contribution >= 0.6 is 11.6 Å². The summed E-state index contributed by atoms with van der Waals surface area (Å²) in [6.07, 6.45) is 5.35. The van der Waals surface area contributed by atoms with Crippen molar-refractivity contribution in [1.29, 1.82) is 0 Å². The third-order valence-corrected chi connectivity index (χ3v) is 1.99. The molecule has 0 amide bonds. The average Bonchev–Trinajstić information content (AvgIpc) is 2.15. The Morgan fingerprint density at radius 1 is 1.25 bits per heavy atom. The summed E-state index contributed by atoms with van der Waals surface area (Å²) >= 11 is 5.67. The Morgan fingerprint density at radius 3 is 2.42 bits per heavy atom. The van der Waals surface area contributed by atoms with E-state index in [1.54, 1.807) is 0 Å². The second-order valence-electron chi connectivity index (χ2n) is 2.69. The van der Waals surface area contributed by atoms with Gasteiger partial charge in [0.05, 0.1) is 0 Å². The standard InChI is InChI=1S/C11H13Cl/c1-2-3-4-10-5-7-11(9-12)8-6-10/h3-8H,2,9H2,1H3/b4-3+. The molecule has 0 nitrogen and oxygen atoms in total. The van der Waals surface area contributed by atoms with Gasteiger partial charge in [-0.05, 0) is 17.5 Å². The molecule has 0 spiro atoms. The van der Waals surface area contributed by atoms with E-state index in [1.165, 1.54) is 11.1 Å². The van der Waals surface area contributed by atoms with E-state index >= 15 is 0 Å². The molecule has 1 heteroatoms. The Morgan fingerprint density at radius 2 is 1.92 bits per heavy atom. The van der Waals surface area contributed by atoms with Gasteiger partial charge in [-0.2, -0.15) is 0 Å². The molecule has 0 aromatic heterocycles. The van der Waals surface area contributed by atoms with E-state index in [1.807, 2.05) is 0 Å². The van der Waals surface area contributed by atoms with E-state index in [-0.39, 0.29) is 0 Å². The summed E-state index contributed by atoms with van der Waals surface area (Å²) in [5.41, 5.74) is 2.41. The lowest BCUT2D eigenvalue weighted by atomic mass is 10.1. The summed E-state index contributed by atoms with van der Waals surface area (Å²) in [6, 6.07) is 8.29. The van der Waals surface area contributed by atoms with Gasteiger partial charge in [-0.15, -0.1) is 11.6 Å². The van der Waals surface area contributed by atoms with E-state index in [0.717, 1.165) is 6.42 Å².